The zero-order chi connectivity index (χ0) is 19.8. The molecule has 0 radical (unpaired) electrons. The third-order valence-corrected chi connectivity index (χ3v) is 7.29. The van der Waals surface area contributed by atoms with Gasteiger partial charge in [-0.2, -0.15) is 0 Å². The SMILES string of the molecule is CCNC(=NCCNS(=O)(=O)c1cccs1)NC1CCN(c2ccccc2)C1. The Hall–Kier alpha value is -2.10. The minimum Gasteiger partial charge on any atom is -0.369 e. The number of aliphatic imine (C=N–C) groups is 1. The fourth-order valence-electron chi connectivity index (χ4n) is 3.10. The summed E-state index contributed by atoms with van der Waals surface area (Å²) in [6.45, 7) is 5.32. The Balaban J connectivity index is 1.49. The first-order valence-electron chi connectivity index (χ1n) is 9.46. The molecule has 3 N–H and O–H groups in total. The third kappa shape index (κ3) is 5.70. The number of nitrogens with zero attached hydrogens (tertiary/aromatic N) is 2. The van der Waals surface area contributed by atoms with E-state index in [1.165, 1.54) is 17.0 Å². The zero-order valence-corrected chi connectivity index (χ0v) is 17.6. The molecule has 7 nitrogen and oxygen atoms in total. The molecule has 0 amide bonds. The van der Waals surface area contributed by atoms with Crippen LogP contribution in [-0.4, -0.2) is 53.1 Å². The van der Waals surface area contributed by atoms with Crippen LogP contribution in [-0.2, 0) is 10.0 Å². The topological polar surface area (TPSA) is 85.8 Å². The summed E-state index contributed by atoms with van der Waals surface area (Å²) in [5.74, 6) is 0.720. The molecular weight excluding hydrogens is 394 g/mol. The molecule has 1 aliphatic heterocycles. The first kappa shape index (κ1) is 20.6. The average molecular weight is 422 g/mol. The van der Waals surface area contributed by atoms with Gasteiger partial charge in [-0.05, 0) is 36.9 Å². The maximum atomic E-state index is 12.1. The van der Waals surface area contributed by atoms with Crippen molar-refractivity contribution >= 4 is 33.0 Å². The summed E-state index contributed by atoms with van der Waals surface area (Å²) in [5.41, 5.74) is 1.23. The van der Waals surface area contributed by atoms with Crippen LogP contribution < -0.4 is 20.3 Å². The lowest BCUT2D eigenvalue weighted by Gasteiger charge is -2.20. The van der Waals surface area contributed by atoms with Crippen molar-refractivity contribution in [3.05, 3.63) is 47.8 Å². The van der Waals surface area contributed by atoms with Crippen molar-refractivity contribution in [1.82, 2.24) is 15.4 Å². The van der Waals surface area contributed by atoms with Crippen LogP contribution in [0.5, 0.6) is 0 Å². The maximum absolute atomic E-state index is 12.1. The number of para-hydroxylation sites is 1. The monoisotopic (exact) mass is 421 g/mol. The highest BCUT2D eigenvalue weighted by Gasteiger charge is 2.23. The number of rotatable bonds is 8. The number of anilines is 1. The van der Waals surface area contributed by atoms with Crippen LogP contribution in [0.1, 0.15) is 13.3 Å². The summed E-state index contributed by atoms with van der Waals surface area (Å²) in [7, 11) is -3.44. The van der Waals surface area contributed by atoms with Crippen molar-refractivity contribution in [1.29, 1.82) is 0 Å². The highest BCUT2D eigenvalue weighted by Crippen LogP contribution is 2.19. The third-order valence-electron chi connectivity index (χ3n) is 4.43. The lowest BCUT2D eigenvalue weighted by atomic mass is 10.3. The Labute approximate surface area is 170 Å². The predicted molar refractivity (Wildman–Crippen MR) is 116 cm³/mol. The molecule has 28 heavy (non-hydrogen) atoms. The van der Waals surface area contributed by atoms with Crippen LogP contribution in [0.2, 0.25) is 0 Å². The lowest BCUT2D eigenvalue weighted by Crippen LogP contribution is -2.45. The van der Waals surface area contributed by atoms with Crippen LogP contribution in [0.4, 0.5) is 5.69 Å². The van der Waals surface area contributed by atoms with E-state index in [-0.39, 0.29) is 6.54 Å². The van der Waals surface area contributed by atoms with E-state index >= 15 is 0 Å². The van der Waals surface area contributed by atoms with E-state index in [1.807, 2.05) is 13.0 Å². The molecule has 3 rings (SSSR count). The van der Waals surface area contributed by atoms with Gasteiger partial charge >= 0.3 is 0 Å². The summed E-state index contributed by atoms with van der Waals surface area (Å²) in [6, 6.07) is 14.0. The number of benzene rings is 1. The summed E-state index contributed by atoms with van der Waals surface area (Å²) in [6.07, 6.45) is 1.03. The van der Waals surface area contributed by atoms with Crippen LogP contribution in [0.25, 0.3) is 0 Å². The standard InChI is InChI=1S/C19H27N5O2S2/c1-2-20-19(21-11-12-22-28(25,26)18-9-6-14-27-18)23-16-10-13-24(15-16)17-7-4-3-5-8-17/h3-9,14,16,22H,2,10-13,15H2,1H3,(H2,20,21,23). The van der Waals surface area contributed by atoms with Gasteiger partial charge in [0.05, 0.1) is 6.54 Å². The van der Waals surface area contributed by atoms with Crippen molar-refractivity contribution in [2.45, 2.75) is 23.6 Å². The highest BCUT2D eigenvalue weighted by atomic mass is 32.2. The fraction of sp³-hybridized carbons (Fsp3) is 0.421. The molecule has 1 saturated heterocycles. The Bertz CT molecular complexity index is 854. The van der Waals surface area contributed by atoms with Gasteiger partial charge < -0.3 is 15.5 Å². The summed E-state index contributed by atoms with van der Waals surface area (Å²) < 4.78 is 27.2. The Morgan fingerprint density at radius 1 is 1.25 bits per heavy atom. The van der Waals surface area contributed by atoms with Crippen LogP contribution in [0.3, 0.4) is 0 Å². The average Bonchev–Trinajstić information content (AvgIpc) is 3.38. The lowest BCUT2D eigenvalue weighted by molar-refractivity contribution is 0.584. The van der Waals surface area contributed by atoms with Crippen molar-refractivity contribution < 1.29 is 8.42 Å². The molecule has 2 aromatic rings. The smallest absolute Gasteiger partial charge is 0.250 e. The molecule has 0 saturated carbocycles. The second-order valence-corrected chi connectivity index (χ2v) is 9.44. The van der Waals surface area contributed by atoms with Gasteiger partial charge in [0.15, 0.2) is 5.96 Å². The molecule has 0 aliphatic carbocycles. The molecule has 2 heterocycles. The van der Waals surface area contributed by atoms with Gasteiger partial charge in [0, 0.05) is 37.9 Å². The Morgan fingerprint density at radius 3 is 2.79 bits per heavy atom. The van der Waals surface area contributed by atoms with E-state index in [0.717, 1.165) is 32.0 Å². The molecule has 1 aromatic carbocycles. The molecule has 1 fully saturated rings. The molecule has 1 atom stereocenters. The minimum absolute atomic E-state index is 0.262. The molecule has 1 unspecified atom stereocenters. The number of hydrogen-bond donors (Lipinski definition) is 3. The van der Waals surface area contributed by atoms with Gasteiger partial charge in [0.25, 0.3) is 0 Å². The van der Waals surface area contributed by atoms with E-state index in [4.69, 9.17) is 0 Å². The van der Waals surface area contributed by atoms with E-state index in [2.05, 4.69) is 49.5 Å². The van der Waals surface area contributed by atoms with Gasteiger partial charge in [0.2, 0.25) is 10.0 Å². The Kier molecular flexibility index (Phi) is 7.30. The number of guanidine groups is 1. The van der Waals surface area contributed by atoms with E-state index in [9.17, 15) is 8.42 Å². The number of hydrogen-bond acceptors (Lipinski definition) is 5. The first-order valence-corrected chi connectivity index (χ1v) is 11.8. The van der Waals surface area contributed by atoms with Crippen molar-refractivity contribution in [3.8, 4) is 0 Å². The van der Waals surface area contributed by atoms with E-state index in [0.29, 0.717) is 16.8 Å². The van der Waals surface area contributed by atoms with Gasteiger partial charge in [-0.25, -0.2) is 13.1 Å². The Morgan fingerprint density at radius 2 is 2.07 bits per heavy atom. The number of thiophene rings is 1. The molecule has 0 spiro atoms. The highest BCUT2D eigenvalue weighted by molar-refractivity contribution is 7.91. The van der Waals surface area contributed by atoms with Gasteiger partial charge in [-0.3, -0.25) is 4.99 Å². The molecule has 1 aliphatic rings. The molecule has 152 valence electrons. The molecule has 1 aromatic heterocycles. The summed E-state index contributed by atoms with van der Waals surface area (Å²) >= 11 is 1.21. The second-order valence-electron chi connectivity index (χ2n) is 6.50. The van der Waals surface area contributed by atoms with Gasteiger partial charge in [0.1, 0.15) is 4.21 Å². The van der Waals surface area contributed by atoms with Crippen LogP contribution in [0, 0.1) is 0 Å². The van der Waals surface area contributed by atoms with Gasteiger partial charge in [-0.15, -0.1) is 11.3 Å². The normalized spacial score (nSPS) is 17.7. The molecule has 0 bridgehead atoms. The number of nitrogens with one attached hydrogen (secondary N) is 3. The molecular formula is C19H27N5O2S2. The van der Waals surface area contributed by atoms with E-state index in [1.54, 1.807) is 17.5 Å². The van der Waals surface area contributed by atoms with Gasteiger partial charge in [-0.1, -0.05) is 24.3 Å². The van der Waals surface area contributed by atoms with Crippen LogP contribution in [0.15, 0.2) is 57.0 Å². The maximum Gasteiger partial charge on any atom is 0.250 e. The quantitative estimate of drug-likeness (QED) is 0.344. The summed E-state index contributed by atoms with van der Waals surface area (Å²) in [5, 5.41) is 8.45. The minimum atomic E-state index is -3.44. The first-order chi connectivity index (χ1) is 13.6. The van der Waals surface area contributed by atoms with Crippen molar-refractivity contribution in [2.24, 2.45) is 4.99 Å². The summed E-state index contributed by atoms with van der Waals surface area (Å²) in [4.78, 5) is 6.87. The van der Waals surface area contributed by atoms with Crippen LogP contribution >= 0.6 is 11.3 Å². The fourth-order valence-corrected chi connectivity index (χ4v) is 5.16. The second kappa shape index (κ2) is 9.90. The predicted octanol–water partition coefficient (Wildman–Crippen LogP) is 1.86. The van der Waals surface area contributed by atoms with Crippen molar-refractivity contribution in [2.75, 3.05) is 37.6 Å². The number of sulfonamides is 1. The zero-order valence-electron chi connectivity index (χ0n) is 16.0. The van der Waals surface area contributed by atoms with Crippen molar-refractivity contribution in [3.63, 3.8) is 0 Å². The molecule has 9 heteroatoms. The largest absolute Gasteiger partial charge is 0.369 e. The van der Waals surface area contributed by atoms with E-state index < -0.39 is 10.0 Å².